The standard InChI is InChI=1S/C18H35NO2/c1-2-3-4-5-6-7-8-9-10-11-12-13-14-15-16-17(19)18(20)21/h9-10,17H,2-8,11-16,19H2,1H3,(H,20,21)/b10-9-. The summed E-state index contributed by atoms with van der Waals surface area (Å²) in [5.41, 5.74) is 5.45. The second-order valence-electron chi connectivity index (χ2n) is 5.96. The van der Waals surface area contributed by atoms with E-state index in [0.717, 1.165) is 19.3 Å². The Morgan fingerprint density at radius 1 is 0.905 bits per heavy atom. The number of aliphatic carboxylic acids is 1. The molecule has 0 aliphatic heterocycles. The van der Waals surface area contributed by atoms with E-state index < -0.39 is 12.0 Å². The van der Waals surface area contributed by atoms with E-state index >= 15 is 0 Å². The number of carbonyl (C=O) groups is 1. The molecule has 0 aromatic rings. The van der Waals surface area contributed by atoms with Crippen molar-refractivity contribution < 1.29 is 9.90 Å². The van der Waals surface area contributed by atoms with Crippen LogP contribution in [-0.4, -0.2) is 17.1 Å². The molecule has 0 amide bonds. The van der Waals surface area contributed by atoms with Crippen molar-refractivity contribution in [1.29, 1.82) is 0 Å². The van der Waals surface area contributed by atoms with E-state index in [1.54, 1.807) is 0 Å². The number of carboxylic acid groups (broad SMARTS) is 1. The van der Waals surface area contributed by atoms with Crippen LogP contribution < -0.4 is 5.73 Å². The molecule has 0 aliphatic carbocycles. The SMILES string of the molecule is CCCCCCCC/C=C\CCCCCCC(N)C(=O)O. The lowest BCUT2D eigenvalue weighted by molar-refractivity contribution is -0.138. The van der Waals surface area contributed by atoms with Crippen molar-refractivity contribution >= 4 is 5.97 Å². The van der Waals surface area contributed by atoms with Crippen molar-refractivity contribution in [3.05, 3.63) is 12.2 Å². The van der Waals surface area contributed by atoms with E-state index in [9.17, 15) is 4.79 Å². The summed E-state index contributed by atoms with van der Waals surface area (Å²) >= 11 is 0. The third-order valence-electron chi connectivity index (χ3n) is 3.84. The molecule has 0 saturated carbocycles. The van der Waals surface area contributed by atoms with Crippen LogP contribution in [0.25, 0.3) is 0 Å². The van der Waals surface area contributed by atoms with E-state index in [2.05, 4.69) is 19.1 Å². The van der Waals surface area contributed by atoms with Gasteiger partial charge in [-0.15, -0.1) is 0 Å². The topological polar surface area (TPSA) is 63.3 Å². The minimum Gasteiger partial charge on any atom is -0.480 e. The molecule has 3 heteroatoms. The van der Waals surface area contributed by atoms with Crippen LogP contribution in [-0.2, 0) is 4.79 Å². The van der Waals surface area contributed by atoms with Crippen molar-refractivity contribution in [1.82, 2.24) is 0 Å². The number of carboxylic acids is 1. The quantitative estimate of drug-likeness (QED) is 0.328. The number of allylic oxidation sites excluding steroid dienone is 2. The highest BCUT2D eigenvalue weighted by Gasteiger charge is 2.09. The predicted octanol–water partition coefficient (Wildman–Crippen LogP) is 5.05. The van der Waals surface area contributed by atoms with Crippen LogP contribution in [0.1, 0.15) is 90.4 Å². The number of unbranched alkanes of at least 4 members (excludes halogenated alkanes) is 10. The highest BCUT2D eigenvalue weighted by atomic mass is 16.4. The van der Waals surface area contributed by atoms with Gasteiger partial charge in [-0.05, 0) is 32.1 Å². The molecule has 0 aromatic carbocycles. The van der Waals surface area contributed by atoms with E-state index in [-0.39, 0.29) is 0 Å². The monoisotopic (exact) mass is 297 g/mol. The first-order chi connectivity index (χ1) is 10.2. The fourth-order valence-electron chi connectivity index (χ4n) is 2.38. The summed E-state index contributed by atoms with van der Waals surface area (Å²) in [6.07, 6.45) is 20.2. The second kappa shape index (κ2) is 15.6. The molecule has 0 spiro atoms. The molecule has 0 aliphatic rings. The van der Waals surface area contributed by atoms with E-state index in [4.69, 9.17) is 10.8 Å². The van der Waals surface area contributed by atoms with Crippen molar-refractivity contribution in [2.24, 2.45) is 5.73 Å². The summed E-state index contributed by atoms with van der Waals surface area (Å²) < 4.78 is 0. The van der Waals surface area contributed by atoms with Crippen molar-refractivity contribution in [2.45, 2.75) is 96.4 Å². The summed E-state index contributed by atoms with van der Waals surface area (Å²) in [7, 11) is 0. The van der Waals surface area contributed by atoms with Crippen molar-refractivity contribution in [3.8, 4) is 0 Å². The van der Waals surface area contributed by atoms with Gasteiger partial charge in [0.05, 0.1) is 0 Å². The lowest BCUT2D eigenvalue weighted by Gasteiger charge is -2.05. The Labute approximate surface area is 131 Å². The molecule has 0 radical (unpaired) electrons. The fraction of sp³-hybridized carbons (Fsp3) is 0.833. The van der Waals surface area contributed by atoms with Crippen LogP contribution in [0.2, 0.25) is 0 Å². The van der Waals surface area contributed by atoms with Gasteiger partial charge >= 0.3 is 5.97 Å². The Morgan fingerprint density at radius 3 is 1.90 bits per heavy atom. The van der Waals surface area contributed by atoms with Crippen LogP contribution in [0.15, 0.2) is 12.2 Å². The normalized spacial score (nSPS) is 12.9. The van der Waals surface area contributed by atoms with E-state index in [1.165, 1.54) is 57.8 Å². The number of hydrogen-bond acceptors (Lipinski definition) is 2. The van der Waals surface area contributed by atoms with Gasteiger partial charge in [0.2, 0.25) is 0 Å². The number of rotatable bonds is 15. The zero-order valence-electron chi connectivity index (χ0n) is 13.9. The van der Waals surface area contributed by atoms with Gasteiger partial charge in [-0.3, -0.25) is 4.79 Å². The molecular weight excluding hydrogens is 262 g/mol. The second-order valence-corrected chi connectivity index (χ2v) is 5.96. The maximum atomic E-state index is 10.5. The Bertz CT molecular complexity index is 264. The van der Waals surface area contributed by atoms with E-state index in [0.29, 0.717) is 6.42 Å². The maximum absolute atomic E-state index is 10.5. The Balaban J connectivity index is 3.17. The smallest absolute Gasteiger partial charge is 0.320 e. The van der Waals surface area contributed by atoms with Crippen LogP contribution in [0.5, 0.6) is 0 Å². The van der Waals surface area contributed by atoms with Gasteiger partial charge in [0.25, 0.3) is 0 Å². The summed E-state index contributed by atoms with van der Waals surface area (Å²) in [6, 6.07) is -0.678. The van der Waals surface area contributed by atoms with Gasteiger partial charge in [0, 0.05) is 0 Å². The zero-order valence-corrected chi connectivity index (χ0v) is 13.9. The van der Waals surface area contributed by atoms with Crippen LogP contribution >= 0.6 is 0 Å². The molecule has 0 bridgehead atoms. The van der Waals surface area contributed by atoms with Crippen LogP contribution in [0.3, 0.4) is 0 Å². The van der Waals surface area contributed by atoms with Gasteiger partial charge in [0.15, 0.2) is 0 Å². The minimum absolute atomic E-state index is 0.600. The molecule has 1 atom stereocenters. The third kappa shape index (κ3) is 15.4. The molecule has 0 fully saturated rings. The molecule has 0 aromatic heterocycles. The molecule has 3 nitrogen and oxygen atoms in total. The van der Waals surface area contributed by atoms with Crippen molar-refractivity contribution in [3.63, 3.8) is 0 Å². The molecule has 0 saturated heterocycles. The van der Waals surface area contributed by atoms with Gasteiger partial charge in [-0.1, -0.05) is 70.4 Å². The molecule has 124 valence electrons. The van der Waals surface area contributed by atoms with Crippen molar-refractivity contribution in [2.75, 3.05) is 0 Å². The maximum Gasteiger partial charge on any atom is 0.320 e. The largest absolute Gasteiger partial charge is 0.480 e. The first-order valence-electron chi connectivity index (χ1n) is 8.81. The van der Waals surface area contributed by atoms with E-state index in [1.807, 2.05) is 0 Å². The Hall–Kier alpha value is -0.830. The highest BCUT2D eigenvalue weighted by Crippen LogP contribution is 2.09. The minimum atomic E-state index is -0.882. The number of hydrogen-bond donors (Lipinski definition) is 2. The lowest BCUT2D eigenvalue weighted by atomic mass is 10.1. The fourth-order valence-corrected chi connectivity index (χ4v) is 2.38. The summed E-state index contributed by atoms with van der Waals surface area (Å²) in [5, 5.41) is 8.65. The van der Waals surface area contributed by atoms with Gasteiger partial charge in [-0.25, -0.2) is 0 Å². The van der Waals surface area contributed by atoms with Gasteiger partial charge in [0.1, 0.15) is 6.04 Å². The molecule has 1 unspecified atom stereocenters. The summed E-state index contributed by atoms with van der Waals surface area (Å²) in [4.78, 5) is 10.5. The average molecular weight is 297 g/mol. The molecule has 0 rings (SSSR count). The van der Waals surface area contributed by atoms with Gasteiger partial charge < -0.3 is 10.8 Å². The average Bonchev–Trinajstić information content (AvgIpc) is 2.47. The van der Waals surface area contributed by atoms with Gasteiger partial charge in [-0.2, -0.15) is 0 Å². The van der Waals surface area contributed by atoms with Crippen LogP contribution in [0.4, 0.5) is 0 Å². The third-order valence-corrected chi connectivity index (χ3v) is 3.84. The van der Waals surface area contributed by atoms with Crippen LogP contribution in [0, 0.1) is 0 Å². The Kier molecular flexibility index (Phi) is 14.9. The number of nitrogens with two attached hydrogens (primary N) is 1. The molecular formula is C18H35NO2. The lowest BCUT2D eigenvalue weighted by Crippen LogP contribution is -2.29. The first-order valence-corrected chi connectivity index (χ1v) is 8.81. The first kappa shape index (κ1) is 20.2. The predicted molar refractivity (Wildman–Crippen MR) is 90.4 cm³/mol. The Morgan fingerprint density at radius 2 is 1.38 bits per heavy atom. The summed E-state index contributed by atoms with van der Waals surface area (Å²) in [5.74, 6) is -0.882. The molecule has 21 heavy (non-hydrogen) atoms. The zero-order chi connectivity index (χ0) is 15.8. The summed E-state index contributed by atoms with van der Waals surface area (Å²) in [6.45, 7) is 2.25. The highest BCUT2D eigenvalue weighted by molar-refractivity contribution is 5.72. The molecule has 3 N–H and O–H groups in total. The molecule has 0 heterocycles.